The van der Waals surface area contributed by atoms with E-state index in [2.05, 4.69) is 57.0 Å². The van der Waals surface area contributed by atoms with Crippen LogP contribution in [0.2, 0.25) is 0 Å². The van der Waals surface area contributed by atoms with Gasteiger partial charge in [0, 0.05) is 30.4 Å². The van der Waals surface area contributed by atoms with Gasteiger partial charge < -0.3 is 10.2 Å². The van der Waals surface area contributed by atoms with Gasteiger partial charge in [-0.2, -0.15) is 0 Å². The van der Waals surface area contributed by atoms with Crippen molar-refractivity contribution in [2.24, 2.45) is 0 Å². The second kappa shape index (κ2) is 6.13. The van der Waals surface area contributed by atoms with Crippen LogP contribution in [0.4, 0.5) is 5.82 Å². The molecule has 2 unspecified atom stereocenters. The molecule has 1 aromatic rings. The first-order valence-electron chi connectivity index (χ1n) is 7.89. The van der Waals surface area contributed by atoms with Crippen molar-refractivity contribution in [3.05, 3.63) is 23.9 Å². The third-order valence-electron chi connectivity index (χ3n) is 4.15. The number of nitrogens with one attached hydrogen (secondary N) is 1. The fraction of sp³-hybridized carbons (Fsp3) is 0.706. The zero-order valence-electron chi connectivity index (χ0n) is 13.6. The highest BCUT2D eigenvalue weighted by molar-refractivity contribution is 5.43. The van der Waals surface area contributed by atoms with Crippen molar-refractivity contribution >= 4 is 5.82 Å². The van der Waals surface area contributed by atoms with Gasteiger partial charge in [0.25, 0.3) is 0 Å². The van der Waals surface area contributed by atoms with E-state index in [0.29, 0.717) is 12.1 Å². The number of anilines is 1. The Morgan fingerprint density at radius 2 is 2.05 bits per heavy atom. The van der Waals surface area contributed by atoms with Gasteiger partial charge in [0.15, 0.2) is 0 Å². The SMILES string of the molecule is CCC1CCC(C)N1c1ccc(CNC(C)(C)C)cn1. The summed E-state index contributed by atoms with van der Waals surface area (Å²) in [6, 6.07) is 5.67. The molecule has 0 spiro atoms. The van der Waals surface area contributed by atoms with Gasteiger partial charge in [-0.05, 0) is 58.6 Å². The summed E-state index contributed by atoms with van der Waals surface area (Å²) in [6.45, 7) is 12.0. The maximum atomic E-state index is 4.70. The highest BCUT2D eigenvalue weighted by atomic mass is 15.3. The second-order valence-corrected chi connectivity index (χ2v) is 7.02. The number of hydrogen-bond acceptors (Lipinski definition) is 3. The van der Waals surface area contributed by atoms with Gasteiger partial charge >= 0.3 is 0 Å². The average molecular weight is 275 g/mol. The van der Waals surface area contributed by atoms with Crippen LogP contribution in [-0.2, 0) is 6.54 Å². The van der Waals surface area contributed by atoms with Crippen LogP contribution in [0.15, 0.2) is 18.3 Å². The maximum Gasteiger partial charge on any atom is 0.128 e. The summed E-state index contributed by atoms with van der Waals surface area (Å²) in [5, 5.41) is 3.50. The molecule has 0 radical (unpaired) electrons. The van der Waals surface area contributed by atoms with E-state index >= 15 is 0 Å². The van der Waals surface area contributed by atoms with Crippen molar-refractivity contribution in [2.45, 2.75) is 78.0 Å². The zero-order valence-corrected chi connectivity index (χ0v) is 13.6. The van der Waals surface area contributed by atoms with E-state index < -0.39 is 0 Å². The Labute approximate surface area is 123 Å². The molecule has 1 aromatic heterocycles. The lowest BCUT2D eigenvalue weighted by Gasteiger charge is -2.29. The van der Waals surface area contributed by atoms with E-state index in [9.17, 15) is 0 Å². The number of pyridine rings is 1. The Morgan fingerprint density at radius 3 is 2.60 bits per heavy atom. The Morgan fingerprint density at radius 1 is 1.30 bits per heavy atom. The number of aromatic nitrogens is 1. The molecular formula is C17H29N3. The Kier molecular flexibility index (Phi) is 4.69. The van der Waals surface area contributed by atoms with Gasteiger partial charge in [-0.25, -0.2) is 4.98 Å². The summed E-state index contributed by atoms with van der Waals surface area (Å²) < 4.78 is 0. The average Bonchev–Trinajstić information content (AvgIpc) is 2.77. The number of hydrogen-bond donors (Lipinski definition) is 1. The quantitative estimate of drug-likeness (QED) is 0.907. The van der Waals surface area contributed by atoms with Gasteiger partial charge in [0.05, 0.1) is 0 Å². The molecule has 112 valence electrons. The minimum Gasteiger partial charge on any atom is -0.351 e. The summed E-state index contributed by atoms with van der Waals surface area (Å²) in [5.41, 5.74) is 1.40. The highest BCUT2D eigenvalue weighted by Crippen LogP contribution is 2.30. The van der Waals surface area contributed by atoms with Gasteiger partial charge in [-0.15, -0.1) is 0 Å². The molecule has 0 aromatic carbocycles. The van der Waals surface area contributed by atoms with Crippen LogP contribution in [0, 0.1) is 0 Å². The summed E-state index contributed by atoms with van der Waals surface area (Å²) in [4.78, 5) is 7.20. The number of rotatable bonds is 4. The largest absolute Gasteiger partial charge is 0.351 e. The molecular weight excluding hydrogens is 246 g/mol. The van der Waals surface area contributed by atoms with Gasteiger partial charge in [-0.1, -0.05) is 13.0 Å². The smallest absolute Gasteiger partial charge is 0.128 e. The molecule has 2 atom stereocenters. The van der Waals surface area contributed by atoms with E-state index in [1.54, 1.807) is 0 Å². The van der Waals surface area contributed by atoms with Gasteiger partial charge in [0.1, 0.15) is 5.82 Å². The molecule has 3 heteroatoms. The fourth-order valence-electron chi connectivity index (χ4n) is 2.93. The van der Waals surface area contributed by atoms with E-state index in [1.165, 1.54) is 24.8 Å². The Hall–Kier alpha value is -1.09. The molecule has 2 rings (SSSR count). The Bertz CT molecular complexity index is 419. The van der Waals surface area contributed by atoms with Crippen LogP contribution in [0.5, 0.6) is 0 Å². The molecule has 1 saturated heterocycles. The predicted octanol–water partition coefficient (Wildman–Crippen LogP) is 3.74. The maximum absolute atomic E-state index is 4.70. The molecule has 1 aliphatic rings. The molecule has 3 nitrogen and oxygen atoms in total. The van der Waals surface area contributed by atoms with Crippen LogP contribution >= 0.6 is 0 Å². The van der Waals surface area contributed by atoms with Crippen LogP contribution in [-0.4, -0.2) is 22.6 Å². The third-order valence-corrected chi connectivity index (χ3v) is 4.15. The zero-order chi connectivity index (χ0) is 14.8. The molecule has 20 heavy (non-hydrogen) atoms. The van der Waals surface area contributed by atoms with E-state index in [0.717, 1.165) is 12.4 Å². The second-order valence-electron chi connectivity index (χ2n) is 7.02. The first kappa shape index (κ1) is 15.3. The van der Waals surface area contributed by atoms with Crippen molar-refractivity contribution in [3.8, 4) is 0 Å². The lowest BCUT2D eigenvalue weighted by Crippen LogP contribution is -2.35. The molecule has 2 heterocycles. The molecule has 0 aliphatic carbocycles. The highest BCUT2D eigenvalue weighted by Gasteiger charge is 2.29. The lowest BCUT2D eigenvalue weighted by molar-refractivity contribution is 0.424. The molecule has 1 N–H and O–H groups in total. The van der Waals surface area contributed by atoms with Crippen molar-refractivity contribution in [1.29, 1.82) is 0 Å². The van der Waals surface area contributed by atoms with E-state index in [1.807, 2.05) is 6.20 Å². The Balaban J connectivity index is 2.04. The lowest BCUT2D eigenvalue weighted by atomic mass is 10.1. The van der Waals surface area contributed by atoms with Crippen molar-refractivity contribution in [3.63, 3.8) is 0 Å². The van der Waals surface area contributed by atoms with Crippen LogP contribution in [0.3, 0.4) is 0 Å². The summed E-state index contributed by atoms with van der Waals surface area (Å²) in [7, 11) is 0. The van der Waals surface area contributed by atoms with Crippen molar-refractivity contribution < 1.29 is 0 Å². The van der Waals surface area contributed by atoms with Crippen LogP contribution in [0.1, 0.15) is 59.4 Å². The summed E-state index contributed by atoms with van der Waals surface area (Å²) in [6.07, 6.45) is 5.81. The normalized spacial score (nSPS) is 23.4. The van der Waals surface area contributed by atoms with Crippen LogP contribution < -0.4 is 10.2 Å². The van der Waals surface area contributed by atoms with Crippen LogP contribution in [0.25, 0.3) is 0 Å². The molecule has 1 aliphatic heterocycles. The van der Waals surface area contributed by atoms with E-state index in [-0.39, 0.29) is 5.54 Å². The molecule has 0 saturated carbocycles. The minimum atomic E-state index is 0.148. The first-order valence-corrected chi connectivity index (χ1v) is 7.89. The first-order chi connectivity index (χ1) is 9.40. The van der Waals surface area contributed by atoms with Crippen molar-refractivity contribution in [1.82, 2.24) is 10.3 Å². The molecule has 1 fully saturated rings. The molecule has 0 amide bonds. The monoisotopic (exact) mass is 275 g/mol. The standard InChI is InChI=1S/C17H29N3/c1-6-15-9-7-13(2)20(15)16-10-8-14(11-18-16)12-19-17(3,4)5/h8,10-11,13,15,19H,6-7,9,12H2,1-5H3. The fourth-order valence-corrected chi connectivity index (χ4v) is 2.93. The summed E-state index contributed by atoms with van der Waals surface area (Å²) >= 11 is 0. The van der Waals surface area contributed by atoms with Gasteiger partial charge in [-0.3, -0.25) is 0 Å². The molecule has 0 bridgehead atoms. The summed E-state index contributed by atoms with van der Waals surface area (Å²) in [5.74, 6) is 1.14. The third kappa shape index (κ3) is 3.72. The minimum absolute atomic E-state index is 0.148. The predicted molar refractivity (Wildman–Crippen MR) is 86.1 cm³/mol. The van der Waals surface area contributed by atoms with Crippen molar-refractivity contribution in [2.75, 3.05) is 4.90 Å². The van der Waals surface area contributed by atoms with E-state index in [4.69, 9.17) is 4.98 Å². The topological polar surface area (TPSA) is 28.2 Å². The van der Waals surface area contributed by atoms with Gasteiger partial charge in [0.2, 0.25) is 0 Å². The number of nitrogens with zero attached hydrogens (tertiary/aromatic N) is 2.